The second-order valence-electron chi connectivity index (χ2n) is 0.880. The second kappa shape index (κ2) is 56.7. The molecule has 0 aliphatic heterocycles. The van der Waals surface area contributed by atoms with E-state index in [0.717, 1.165) is 0 Å². The second-order valence-corrected chi connectivity index (χ2v) is 0.880. The van der Waals surface area contributed by atoms with Crippen LogP contribution >= 0.6 is 0 Å². The lowest BCUT2D eigenvalue weighted by Crippen LogP contribution is -1.21. The molecule has 0 heteroatoms. The van der Waals surface area contributed by atoms with Crippen molar-refractivity contribution in [2.24, 2.45) is 0 Å². The first-order valence-electron chi connectivity index (χ1n) is 3.14. The van der Waals surface area contributed by atoms with Crippen molar-refractivity contribution in [1.29, 1.82) is 0 Å². The van der Waals surface area contributed by atoms with Crippen LogP contribution in [0.2, 0.25) is 0 Å². The Labute approximate surface area is 59.6 Å². The molecule has 0 fully saturated rings. The topological polar surface area (TPSA) is 0 Å². The summed E-state index contributed by atoms with van der Waals surface area (Å²) in [5, 5.41) is 0. The number of hydrogen-bond donors (Lipinski definition) is 0. The molecule has 0 rings (SSSR count). The molecular weight excluding hydrogens is 108 g/mol. The van der Waals surface area contributed by atoms with Gasteiger partial charge >= 0.3 is 0 Å². The van der Waals surface area contributed by atoms with E-state index < -0.39 is 0 Å². The van der Waals surface area contributed by atoms with Crippen LogP contribution in [0.1, 0.15) is 20.8 Å². The third-order valence-electron chi connectivity index (χ3n) is 0.167. The summed E-state index contributed by atoms with van der Waals surface area (Å²) in [5.74, 6) is 0. The Morgan fingerprint density at radius 1 is 0.889 bits per heavy atom. The summed E-state index contributed by atoms with van der Waals surface area (Å²) in [6, 6.07) is 0. The van der Waals surface area contributed by atoms with E-state index in [1.807, 2.05) is 20.8 Å². The smallest absolute Gasteiger partial charge is 0.0473 e. The molecule has 0 saturated carbocycles. The van der Waals surface area contributed by atoms with Crippen molar-refractivity contribution in [2.75, 3.05) is 0 Å². The molecule has 0 aromatic carbocycles. The molecule has 0 unspecified atom stereocenters. The standard InChI is InChI=1S/C4H6.C3H6.C2H6/c1-3-4-2;1-3-2;1-2/h3-4H,1-2H2;3H,1H2,2H3;1-2H3. The molecule has 0 aromatic heterocycles. The summed E-state index contributed by atoms with van der Waals surface area (Å²) < 4.78 is 0. The fourth-order valence-corrected chi connectivity index (χ4v) is 0. The fourth-order valence-electron chi connectivity index (χ4n) is 0. The average Bonchev–Trinajstić information content (AvgIpc) is 1.94. The van der Waals surface area contributed by atoms with E-state index in [-0.39, 0.29) is 0 Å². The van der Waals surface area contributed by atoms with Gasteiger partial charge in [0.15, 0.2) is 0 Å². The zero-order valence-corrected chi connectivity index (χ0v) is 6.85. The van der Waals surface area contributed by atoms with Crippen LogP contribution < -0.4 is 0 Å². The summed E-state index contributed by atoms with van der Waals surface area (Å²) >= 11 is 0. The molecule has 54 valence electrons. The summed E-state index contributed by atoms with van der Waals surface area (Å²) in [5.41, 5.74) is 0. The molecule has 0 radical (unpaired) electrons. The van der Waals surface area contributed by atoms with Crippen molar-refractivity contribution in [3.05, 3.63) is 38.0 Å². The molecule has 0 amide bonds. The van der Waals surface area contributed by atoms with Gasteiger partial charge in [-0.05, 0) is 6.92 Å². The van der Waals surface area contributed by atoms with Gasteiger partial charge in [0, 0.05) is 0 Å². The van der Waals surface area contributed by atoms with Crippen molar-refractivity contribution in [3.8, 4) is 0 Å². The quantitative estimate of drug-likeness (QED) is 0.372. The average molecular weight is 126 g/mol. The molecule has 0 bridgehead atoms. The van der Waals surface area contributed by atoms with Gasteiger partial charge in [0.25, 0.3) is 0 Å². The molecule has 0 aliphatic carbocycles. The molecule has 0 saturated heterocycles. The maximum Gasteiger partial charge on any atom is -0.0473 e. The van der Waals surface area contributed by atoms with Crippen LogP contribution in [0.25, 0.3) is 0 Å². The zero-order valence-electron chi connectivity index (χ0n) is 6.85. The van der Waals surface area contributed by atoms with Gasteiger partial charge in [-0.25, -0.2) is 0 Å². The fraction of sp³-hybridized carbons (Fsp3) is 0.333. The van der Waals surface area contributed by atoms with Gasteiger partial charge in [0.2, 0.25) is 0 Å². The molecule has 0 aliphatic rings. The van der Waals surface area contributed by atoms with Gasteiger partial charge in [-0.1, -0.05) is 45.2 Å². The minimum atomic E-state index is 1.64. The van der Waals surface area contributed by atoms with Crippen molar-refractivity contribution in [3.63, 3.8) is 0 Å². The molecule has 0 atom stereocenters. The summed E-state index contributed by atoms with van der Waals surface area (Å²) in [6.45, 7) is 16.0. The van der Waals surface area contributed by atoms with E-state index in [0.29, 0.717) is 0 Å². The Morgan fingerprint density at radius 2 is 1.00 bits per heavy atom. The number of rotatable bonds is 1. The normalized spacial score (nSPS) is 4.33. The van der Waals surface area contributed by atoms with Crippen molar-refractivity contribution >= 4 is 0 Å². The van der Waals surface area contributed by atoms with Crippen molar-refractivity contribution in [2.45, 2.75) is 20.8 Å². The van der Waals surface area contributed by atoms with Gasteiger partial charge < -0.3 is 0 Å². The van der Waals surface area contributed by atoms with Gasteiger partial charge in [-0.2, -0.15) is 0 Å². The maximum absolute atomic E-state index is 3.36. The van der Waals surface area contributed by atoms with Gasteiger partial charge in [0.1, 0.15) is 0 Å². The molecule has 0 nitrogen and oxygen atoms in total. The SMILES string of the molecule is C=CC.C=CC=C.CC. The van der Waals surface area contributed by atoms with E-state index in [4.69, 9.17) is 0 Å². The molecular formula is C9H18. The van der Waals surface area contributed by atoms with Gasteiger partial charge in [-0.3, -0.25) is 0 Å². The first kappa shape index (κ1) is 15.7. The minimum Gasteiger partial charge on any atom is -0.103 e. The Balaban J connectivity index is -0.0000000646. The third kappa shape index (κ3) is 4060. The lowest BCUT2D eigenvalue weighted by molar-refractivity contribution is 1.50. The largest absolute Gasteiger partial charge is 0.103 e. The third-order valence-corrected chi connectivity index (χ3v) is 0.167. The minimum absolute atomic E-state index is 1.64. The zero-order chi connectivity index (χ0) is 8.12. The Hall–Kier alpha value is -0.780. The van der Waals surface area contributed by atoms with Crippen molar-refractivity contribution in [1.82, 2.24) is 0 Å². The van der Waals surface area contributed by atoms with Crippen LogP contribution in [0, 0.1) is 0 Å². The van der Waals surface area contributed by atoms with Crippen LogP contribution in [0.5, 0.6) is 0 Å². The van der Waals surface area contributed by atoms with Crippen LogP contribution in [-0.4, -0.2) is 0 Å². The Kier molecular flexibility index (Phi) is 99.0. The van der Waals surface area contributed by atoms with E-state index in [1.54, 1.807) is 18.2 Å². The van der Waals surface area contributed by atoms with Gasteiger partial charge in [-0.15, -0.1) is 6.58 Å². The Bertz CT molecular complexity index is 45.1. The predicted octanol–water partition coefficient (Wildman–Crippen LogP) is 3.58. The summed E-state index contributed by atoms with van der Waals surface area (Å²) in [4.78, 5) is 0. The lowest BCUT2D eigenvalue weighted by atomic mass is 10.6. The molecule has 0 spiro atoms. The highest BCUT2D eigenvalue weighted by Crippen LogP contribution is 1.52. The number of hydrogen-bond acceptors (Lipinski definition) is 0. The number of allylic oxidation sites excluding steroid dienone is 3. The lowest BCUT2D eigenvalue weighted by Gasteiger charge is -1.44. The highest BCUT2D eigenvalue weighted by Gasteiger charge is 1.29. The van der Waals surface area contributed by atoms with E-state index in [9.17, 15) is 0 Å². The van der Waals surface area contributed by atoms with Gasteiger partial charge in [0.05, 0.1) is 0 Å². The van der Waals surface area contributed by atoms with Crippen LogP contribution in [-0.2, 0) is 0 Å². The monoisotopic (exact) mass is 126 g/mol. The summed E-state index contributed by atoms with van der Waals surface area (Å²) in [6.07, 6.45) is 5.03. The van der Waals surface area contributed by atoms with Crippen LogP contribution in [0.15, 0.2) is 38.0 Å². The van der Waals surface area contributed by atoms with Crippen LogP contribution in [0.3, 0.4) is 0 Å². The highest BCUT2D eigenvalue weighted by molar-refractivity contribution is 4.88. The summed E-state index contributed by atoms with van der Waals surface area (Å²) in [7, 11) is 0. The highest BCUT2D eigenvalue weighted by atomic mass is 13.4. The van der Waals surface area contributed by atoms with Crippen LogP contribution in [0.4, 0.5) is 0 Å². The maximum atomic E-state index is 3.36. The first-order chi connectivity index (χ1) is 4.33. The van der Waals surface area contributed by atoms with E-state index in [1.165, 1.54) is 0 Å². The Morgan fingerprint density at radius 3 is 1.00 bits per heavy atom. The molecule has 0 aromatic rings. The predicted molar refractivity (Wildman–Crippen MR) is 47.6 cm³/mol. The molecule has 0 N–H and O–H groups in total. The first-order valence-corrected chi connectivity index (χ1v) is 3.14. The van der Waals surface area contributed by atoms with E-state index >= 15 is 0 Å². The molecule has 0 heterocycles. The molecule has 9 heavy (non-hydrogen) atoms. The van der Waals surface area contributed by atoms with E-state index in [2.05, 4.69) is 19.7 Å². The van der Waals surface area contributed by atoms with Crippen molar-refractivity contribution < 1.29 is 0 Å².